The molecule has 2 heterocycles. The molecule has 0 fully saturated rings. The number of aryl methyl sites for hydroxylation is 1. The van der Waals surface area contributed by atoms with Crippen molar-refractivity contribution in [1.29, 1.82) is 0 Å². The van der Waals surface area contributed by atoms with Gasteiger partial charge in [0.05, 0.1) is 17.4 Å². The van der Waals surface area contributed by atoms with Crippen molar-refractivity contribution in [1.82, 2.24) is 0 Å². The van der Waals surface area contributed by atoms with E-state index in [1.54, 1.807) is 25.1 Å². The van der Waals surface area contributed by atoms with Crippen LogP contribution in [0, 0.1) is 6.92 Å². The lowest BCUT2D eigenvalue weighted by molar-refractivity contribution is 0.100. The number of fused-ring (bicyclic) bond motifs is 1. The molecular formula is C15H16BNO4. The lowest BCUT2D eigenvalue weighted by Gasteiger charge is -2.19. The SMILES string of the molecule is Cc1occc1C(=O)Nc1ccc2c(c1)B(O)OC2(C)C. The second-order valence-corrected chi connectivity index (χ2v) is 5.63. The monoisotopic (exact) mass is 285 g/mol. The number of furan rings is 1. The van der Waals surface area contributed by atoms with Crippen LogP contribution in [0.2, 0.25) is 0 Å². The van der Waals surface area contributed by atoms with Gasteiger partial charge >= 0.3 is 7.12 Å². The molecule has 3 rings (SSSR count). The molecule has 0 bridgehead atoms. The number of benzene rings is 1. The molecule has 1 aliphatic heterocycles. The fourth-order valence-corrected chi connectivity index (χ4v) is 2.62. The number of hydrogen-bond acceptors (Lipinski definition) is 4. The molecule has 0 saturated heterocycles. The van der Waals surface area contributed by atoms with Crippen molar-refractivity contribution in [3.05, 3.63) is 47.4 Å². The summed E-state index contributed by atoms with van der Waals surface area (Å²) in [5, 5.41) is 12.8. The van der Waals surface area contributed by atoms with Gasteiger partial charge in [-0.05, 0) is 50.0 Å². The molecule has 0 atom stereocenters. The zero-order chi connectivity index (χ0) is 15.2. The Balaban J connectivity index is 1.87. The molecule has 1 aromatic carbocycles. The highest BCUT2D eigenvalue weighted by atomic mass is 16.5. The smallest absolute Gasteiger partial charge is 0.469 e. The van der Waals surface area contributed by atoms with Crippen LogP contribution in [0.1, 0.15) is 35.5 Å². The summed E-state index contributed by atoms with van der Waals surface area (Å²) >= 11 is 0. The van der Waals surface area contributed by atoms with Crippen LogP contribution in [-0.2, 0) is 10.3 Å². The molecule has 1 aromatic heterocycles. The van der Waals surface area contributed by atoms with Crippen LogP contribution < -0.4 is 10.8 Å². The normalized spacial score (nSPS) is 15.9. The third-order valence-corrected chi connectivity index (χ3v) is 3.73. The Hall–Kier alpha value is -2.05. The van der Waals surface area contributed by atoms with E-state index in [1.807, 2.05) is 19.9 Å². The van der Waals surface area contributed by atoms with Gasteiger partial charge in [0.1, 0.15) is 5.76 Å². The summed E-state index contributed by atoms with van der Waals surface area (Å²) in [4.78, 5) is 12.1. The highest BCUT2D eigenvalue weighted by Crippen LogP contribution is 2.30. The van der Waals surface area contributed by atoms with Crippen molar-refractivity contribution in [3.8, 4) is 0 Å². The quantitative estimate of drug-likeness (QED) is 0.825. The molecule has 2 N–H and O–H groups in total. The van der Waals surface area contributed by atoms with E-state index < -0.39 is 12.7 Å². The Kier molecular flexibility index (Phi) is 3.15. The van der Waals surface area contributed by atoms with Crippen LogP contribution >= 0.6 is 0 Å². The summed E-state index contributed by atoms with van der Waals surface area (Å²) in [6, 6.07) is 7.03. The van der Waals surface area contributed by atoms with Crippen LogP contribution in [0.15, 0.2) is 34.9 Å². The van der Waals surface area contributed by atoms with Crippen molar-refractivity contribution >= 4 is 24.2 Å². The summed E-state index contributed by atoms with van der Waals surface area (Å²) in [6.07, 6.45) is 1.48. The van der Waals surface area contributed by atoms with E-state index in [0.717, 1.165) is 5.56 Å². The maximum atomic E-state index is 12.1. The van der Waals surface area contributed by atoms with Gasteiger partial charge < -0.3 is 19.4 Å². The molecule has 0 spiro atoms. The Morgan fingerprint density at radius 3 is 2.76 bits per heavy atom. The van der Waals surface area contributed by atoms with Crippen molar-refractivity contribution < 1.29 is 18.9 Å². The molecule has 5 nitrogen and oxygen atoms in total. The molecule has 0 aliphatic carbocycles. The molecule has 1 aliphatic rings. The zero-order valence-corrected chi connectivity index (χ0v) is 12.1. The first-order valence-electron chi connectivity index (χ1n) is 6.74. The van der Waals surface area contributed by atoms with Crippen LogP contribution in [0.25, 0.3) is 0 Å². The maximum absolute atomic E-state index is 12.1. The van der Waals surface area contributed by atoms with Crippen LogP contribution in [0.3, 0.4) is 0 Å². The van der Waals surface area contributed by atoms with Gasteiger partial charge in [0.2, 0.25) is 0 Å². The van der Waals surface area contributed by atoms with E-state index >= 15 is 0 Å². The molecule has 2 aromatic rings. The first kappa shape index (κ1) is 13.9. The van der Waals surface area contributed by atoms with Crippen LogP contribution in [0.4, 0.5) is 5.69 Å². The van der Waals surface area contributed by atoms with E-state index in [4.69, 9.17) is 9.07 Å². The lowest BCUT2D eigenvalue weighted by atomic mass is 9.78. The first-order chi connectivity index (χ1) is 9.88. The number of anilines is 1. The van der Waals surface area contributed by atoms with Gasteiger partial charge in [-0.25, -0.2) is 0 Å². The molecule has 0 unspecified atom stereocenters. The molecule has 0 saturated carbocycles. The van der Waals surface area contributed by atoms with E-state index in [2.05, 4.69) is 5.32 Å². The number of hydrogen-bond donors (Lipinski definition) is 2. The van der Waals surface area contributed by atoms with E-state index in [-0.39, 0.29) is 5.91 Å². The fourth-order valence-electron chi connectivity index (χ4n) is 2.62. The van der Waals surface area contributed by atoms with Gasteiger partial charge in [-0.15, -0.1) is 0 Å². The van der Waals surface area contributed by atoms with Crippen LogP contribution in [-0.4, -0.2) is 18.0 Å². The number of carbonyl (C=O) groups excluding carboxylic acids is 1. The summed E-state index contributed by atoms with van der Waals surface area (Å²) in [7, 11) is -0.970. The lowest BCUT2D eigenvalue weighted by Crippen LogP contribution is -2.29. The average Bonchev–Trinajstić information content (AvgIpc) is 2.92. The molecule has 0 radical (unpaired) electrons. The topological polar surface area (TPSA) is 71.7 Å². The molecular weight excluding hydrogens is 269 g/mol. The first-order valence-corrected chi connectivity index (χ1v) is 6.74. The minimum absolute atomic E-state index is 0.242. The molecule has 108 valence electrons. The third kappa shape index (κ3) is 2.37. The Morgan fingerprint density at radius 1 is 1.33 bits per heavy atom. The third-order valence-electron chi connectivity index (χ3n) is 3.73. The van der Waals surface area contributed by atoms with Crippen molar-refractivity contribution in [2.45, 2.75) is 26.4 Å². The largest absolute Gasteiger partial charge is 0.492 e. The molecule has 1 amide bonds. The van der Waals surface area contributed by atoms with Gasteiger partial charge in [-0.1, -0.05) is 6.07 Å². The van der Waals surface area contributed by atoms with Gasteiger partial charge in [-0.3, -0.25) is 4.79 Å². The second-order valence-electron chi connectivity index (χ2n) is 5.63. The highest BCUT2D eigenvalue weighted by molar-refractivity contribution is 6.62. The van der Waals surface area contributed by atoms with E-state index in [1.165, 1.54) is 6.26 Å². The number of carbonyl (C=O) groups is 1. The predicted octanol–water partition coefficient (Wildman–Crippen LogP) is 1.79. The van der Waals surface area contributed by atoms with E-state index in [9.17, 15) is 9.82 Å². The zero-order valence-electron chi connectivity index (χ0n) is 12.1. The van der Waals surface area contributed by atoms with Crippen LogP contribution in [0.5, 0.6) is 0 Å². The number of rotatable bonds is 2. The van der Waals surface area contributed by atoms with Crippen molar-refractivity contribution in [2.24, 2.45) is 0 Å². The Morgan fingerprint density at radius 2 is 2.10 bits per heavy atom. The summed E-state index contributed by atoms with van der Waals surface area (Å²) < 4.78 is 10.6. The van der Waals surface area contributed by atoms with Gasteiger partial charge in [0, 0.05) is 5.69 Å². The fraction of sp³-hybridized carbons (Fsp3) is 0.267. The molecule has 21 heavy (non-hydrogen) atoms. The van der Waals surface area contributed by atoms with Gasteiger partial charge in [0.15, 0.2) is 0 Å². The van der Waals surface area contributed by atoms with Crippen molar-refractivity contribution in [2.75, 3.05) is 5.32 Å². The van der Waals surface area contributed by atoms with E-state index in [0.29, 0.717) is 22.5 Å². The predicted molar refractivity (Wildman–Crippen MR) is 79.6 cm³/mol. The summed E-state index contributed by atoms with van der Waals surface area (Å²) in [6.45, 7) is 5.53. The van der Waals surface area contributed by atoms with Crippen molar-refractivity contribution in [3.63, 3.8) is 0 Å². The summed E-state index contributed by atoms with van der Waals surface area (Å²) in [5.74, 6) is 0.326. The minimum atomic E-state index is -0.970. The Bertz CT molecular complexity index is 707. The highest BCUT2D eigenvalue weighted by Gasteiger charge is 2.40. The average molecular weight is 285 g/mol. The number of amides is 1. The maximum Gasteiger partial charge on any atom is 0.492 e. The minimum Gasteiger partial charge on any atom is -0.469 e. The van der Waals surface area contributed by atoms with Gasteiger partial charge in [0.25, 0.3) is 5.91 Å². The summed E-state index contributed by atoms with van der Waals surface area (Å²) in [5.41, 5.74) is 2.18. The standard InChI is InChI=1S/C15H16BNO4/c1-9-11(6-7-20-9)14(18)17-10-4-5-12-13(8-10)16(19)21-15(12,2)3/h4-8,19H,1-3H3,(H,17,18). The second kappa shape index (κ2) is 4.75. The van der Waals surface area contributed by atoms with Gasteiger partial charge in [-0.2, -0.15) is 0 Å². The Labute approximate surface area is 123 Å². The molecule has 6 heteroatoms. The number of nitrogens with one attached hydrogen (secondary N) is 1.